The molecule has 0 saturated carbocycles. The van der Waals surface area contributed by atoms with Crippen LogP contribution in [-0.2, 0) is 4.79 Å². The molecule has 0 saturated heterocycles. The van der Waals surface area contributed by atoms with Crippen molar-refractivity contribution < 1.29 is 19.1 Å². The fraction of sp³-hybridized carbons (Fsp3) is 0.429. The molecule has 1 amide bonds. The molecule has 0 heterocycles. The number of benzene rings is 1. The standard InChI is InChI=1S/C14H19NO4/c1-3-5-12(14(15)17)19-11-7-6-10(9-16)8-13(11)18-4-2/h6-9,12H,3-5H2,1-2H3,(H2,15,17). The highest BCUT2D eigenvalue weighted by molar-refractivity contribution is 5.79. The van der Waals surface area contributed by atoms with Crippen LogP contribution in [0, 0.1) is 0 Å². The summed E-state index contributed by atoms with van der Waals surface area (Å²) in [6.45, 7) is 4.21. The molecule has 19 heavy (non-hydrogen) atoms. The number of aldehydes is 1. The largest absolute Gasteiger partial charge is 0.490 e. The van der Waals surface area contributed by atoms with Crippen LogP contribution in [0.4, 0.5) is 0 Å². The molecule has 0 aliphatic carbocycles. The van der Waals surface area contributed by atoms with E-state index in [1.54, 1.807) is 18.2 Å². The van der Waals surface area contributed by atoms with Crippen LogP contribution in [0.5, 0.6) is 11.5 Å². The van der Waals surface area contributed by atoms with Crippen molar-refractivity contribution in [1.29, 1.82) is 0 Å². The van der Waals surface area contributed by atoms with Gasteiger partial charge in [-0.3, -0.25) is 9.59 Å². The predicted molar refractivity (Wildman–Crippen MR) is 71.5 cm³/mol. The average molecular weight is 265 g/mol. The molecule has 0 spiro atoms. The third-order valence-corrected chi connectivity index (χ3v) is 2.54. The van der Waals surface area contributed by atoms with Crippen molar-refractivity contribution in [2.45, 2.75) is 32.8 Å². The van der Waals surface area contributed by atoms with Crippen LogP contribution < -0.4 is 15.2 Å². The van der Waals surface area contributed by atoms with E-state index in [1.807, 2.05) is 13.8 Å². The normalized spacial score (nSPS) is 11.7. The van der Waals surface area contributed by atoms with E-state index in [0.29, 0.717) is 30.1 Å². The second-order valence-electron chi connectivity index (χ2n) is 4.05. The van der Waals surface area contributed by atoms with Gasteiger partial charge in [-0.15, -0.1) is 0 Å². The Hall–Kier alpha value is -2.04. The molecule has 5 nitrogen and oxygen atoms in total. The Bertz CT molecular complexity index is 445. The minimum atomic E-state index is -0.689. The van der Waals surface area contributed by atoms with E-state index < -0.39 is 12.0 Å². The topological polar surface area (TPSA) is 78.6 Å². The van der Waals surface area contributed by atoms with Crippen LogP contribution in [0.2, 0.25) is 0 Å². The maximum atomic E-state index is 11.3. The molecule has 2 N–H and O–H groups in total. The molecule has 1 unspecified atom stereocenters. The lowest BCUT2D eigenvalue weighted by atomic mass is 10.2. The first-order valence-electron chi connectivity index (χ1n) is 6.30. The van der Waals surface area contributed by atoms with E-state index in [9.17, 15) is 9.59 Å². The number of carbonyl (C=O) groups excluding carboxylic acids is 2. The van der Waals surface area contributed by atoms with Crippen molar-refractivity contribution >= 4 is 12.2 Å². The Morgan fingerprint density at radius 1 is 1.37 bits per heavy atom. The van der Waals surface area contributed by atoms with E-state index >= 15 is 0 Å². The van der Waals surface area contributed by atoms with E-state index in [1.165, 1.54) is 0 Å². The summed E-state index contributed by atoms with van der Waals surface area (Å²) < 4.78 is 11.0. The van der Waals surface area contributed by atoms with Crippen LogP contribution in [-0.4, -0.2) is 24.9 Å². The maximum Gasteiger partial charge on any atom is 0.258 e. The first-order chi connectivity index (χ1) is 9.12. The minimum Gasteiger partial charge on any atom is -0.490 e. The molecule has 5 heteroatoms. The van der Waals surface area contributed by atoms with Crippen LogP contribution >= 0.6 is 0 Å². The molecule has 0 radical (unpaired) electrons. The number of hydrogen-bond acceptors (Lipinski definition) is 4. The first kappa shape index (κ1) is 15.0. The van der Waals surface area contributed by atoms with Gasteiger partial charge >= 0.3 is 0 Å². The highest BCUT2D eigenvalue weighted by atomic mass is 16.5. The lowest BCUT2D eigenvalue weighted by molar-refractivity contribution is -0.125. The Morgan fingerprint density at radius 3 is 2.63 bits per heavy atom. The number of hydrogen-bond donors (Lipinski definition) is 1. The number of carbonyl (C=O) groups is 2. The summed E-state index contributed by atoms with van der Waals surface area (Å²) in [5, 5.41) is 0. The van der Waals surface area contributed by atoms with E-state index in [2.05, 4.69) is 0 Å². The van der Waals surface area contributed by atoms with Gasteiger partial charge in [-0.1, -0.05) is 13.3 Å². The van der Waals surface area contributed by atoms with Gasteiger partial charge < -0.3 is 15.2 Å². The number of nitrogens with two attached hydrogens (primary N) is 1. The Morgan fingerprint density at radius 2 is 2.11 bits per heavy atom. The minimum absolute atomic E-state index is 0.421. The monoisotopic (exact) mass is 265 g/mol. The molecule has 0 bridgehead atoms. The van der Waals surface area contributed by atoms with E-state index in [0.717, 1.165) is 12.7 Å². The Kier molecular flexibility index (Phi) is 5.85. The Labute approximate surface area is 112 Å². The summed E-state index contributed by atoms with van der Waals surface area (Å²) in [5.41, 5.74) is 5.78. The Balaban J connectivity index is 2.97. The summed E-state index contributed by atoms with van der Waals surface area (Å²) in [4.78, 5) is 22.0. The van der Waals surface area contributed by atoms with Crippen LogP contribution in [0.15, 0.2) is 18.2 Å². The van der Waals surface area contributed by atoms with E-state index in [4.69, 9.17) is 15.2 Å². The molecule has 0 aliphatic heterocycles. The average Bonchev–Trinajstić information content (AvgIpc) is 2.40. The molecule has 0 aliphatic rings. The van der Waals surface area contributed by atoms with Gasteiger partial charge in [0.2, 0.25) is 0 Å². The summed E-state index contributed by atoms with van der Waals surface area (Å²) in [6, 6.07) is 4.80. The molecule has 1 atom stereocenters. The quantitative estimate of drug-likeness (QED) is 0.728. The zero-order chi connectivity index (χ0) is 14.3. The SMILES string of the molecule is CCCC(Oc1ccc(C=O)cc1OCC)C(N)=O. The summed E-state index contributed by atoms with van der Waals surface area (Å²) in [6.07, 6.45) is 1.36. The van der Waals surface area contributed by atoms with E-state index in [-0.39, 0.29) is 0 Å². The van der Waals surface area contributed by atoms with Gasteiger partial charge in [-0.05, 0) is 31.5 Å². The van der Waals surface area contributed by atoms with Gasteiger partial charge in [0, 0.05) is 5.56 Å². The number of rotatable bonds is 8. The molecule has 104 valence electrons. The molecule has 1 aromatic carbocycles. The molecule has 1 aromatic rings. The number of ether oxygens (including phenoxy) is 2. The van der Waals surface area contributed by atoms with Gasteiger partial charge in [0.25, 0.3) is 5.91 Å². The first-order valence-corrected chi connectivity index (χ1v) is 6.30. The smallest absolute Gasteiger partial charge is 0.258 e. The zero-order valence-electron chi connectivity index (χ0n) is 11.2. The zero-order valence-corrected chi connectivity index (χ0v) is 11.2. The third kappa shape index (κ3) is 4.28. The van der Waals surface area contributed by atoms with Crippen molar-refractivity contribution in [3.63, 3.8) is 0 Å². The third-order valence-electron chi connectivity index (χ3n) is 2.54. The second-order valence-corrected chi connectivity index (χ2v) is 4.05. The number of amides is 1. The number of primary amides is 1. The van der Waals surface area contributed by atoms with Crippen LogP contribution in [0.3, 0.4) is 0 Å². The molecular weight excluding hydrogens is 246 g/mol. The van der Waals surface area contributed by atoms with Crippen molar-refractivity contribution in [3.8, 4) is 11.5 Å². The second kappa shape index (κ2) is 7.41. The fourth-order valence-electron chi connectivity index (χ4n) is 1.64. The van der Waals surface area contributed by atoms with Gasteiger partial charge in [0.15, 0.2) is 17.6 Å². The molecule has 1 rings (SSSR count). The van der Waals surface area contributed by atoms with Crippen LogP contribution in [0.25, 0.3) is 0 Å². The van der Waals surface area contributed by atoms with Crippen molar-refractivity contribution in [2.75, 3.05) is 6.61 Å². The predicted octanol–water partition coefficient (Wildman–Crippen LogP) is 1.93. The lowest BCUT2D eigenvalue weighted by Crippen LogP contribution is -2.33. The molecule has 0 aromatic heterocycles. The summed E-state index contributed by atoms with van der Waals surface area (Å²) in [5.74, 6) is 0.350. The summed E-state index contributed by atoms with van der Waals surface area (Å²) in [7, 11) is 0. The van der Waals surface area contributed by atoms with Gasteiger partial charge in [0.1, 0.15) is 6.29 Å². The molecule has 0 fully saturated rings. The maximum absolute atomic E-state index is 11.3. The van der Waals surface area contributed by atoms with Crippen molar-refractivity contribution in [3.05, 3.63) is 23.8 Å². The van der Waals surface area contributed by atoms with Gasteiger partial charge in [-0.2, -0.15) is 0 Å². The molecular formula is C14H19NO4. The van der Waals surface area contributed by atoms with Gasteiger partial charge in [0.05, 0.1) is 6.61 Å². The highest BCUT2D eigenvalue weighted by Crippen LogP contribution is 2.29. The van der Waals surface area contributed by atoms with Crippen LogP contribution in [0.1, 0.15) is 37.0 Å². The summed E-state index contributed by atoms with van der Waals surface area (Å²) >= 11 is 0. The lowest BCUT2D eigenvalue weighted by Gasteiger charge is -2.18. The van der Waals surface area contributed by atoms with Gasteiger partial charge in [-0.25, -0.2) is 0 Å². The fourth-order valence-corrected chi connectivity index (χ4v) is 1.64. The van der Waals surface area contributed by atoms with Crippen molar-refractivity contribution in [2.24, 2.45) is 5.73 Å². The highest BCUT2D eigenvalue weighted by Gasteiger charge is 2.18. The van der Waals surface area contributed by atoms with Crippen molar-refractivity contribution in [1.82, 2.24) is 0 Å².